The van der Waals surface area contributed by atoms with Gasteiger partial charge in [-0.2, -0.15) is 0 Å². The van der Waals surface area contributed by atoms with Crippen molar-refractivity contribution in [3.05, 3.63) is 10.1 Å². The minimum absolute atomic E-state index is 0.750. The van der Waals surface area contributed by atoms with E-state index in [0.717, 1.165) is 0 Å². The van der Waals surface area contributed by atoms with Crippen LogP contribution in [0.1, 0.15) is 0 Å². The van der Waals surface area contributed by atoms with Gasteiger partial charge >= 0.3 is 66.7 Å². The molecule has 1 spiro atoms. The average Bonchev–Trinajstić information content (AvgIpc) is 3.37. The van der Waals surface area contributed by atoms with E-state index in [2.05, 4.69) is 15.2 Å². The van der Waals surface area contributed by atoms with Gasteiger partial charge in [0.2, 0.25) is 0 Å². The average molecular weight is 373 g/mol. The van der Waals surface area contributed by atoms with Gasteiger partial charge in [0.15, 0.2) is 0 Å². The number of azo groups is 1. The summed E-state index contributed by atoms with van der Waals surface area (Å²) in [6, 6.07) is -0.929. The summed E-state index contributed by atoms with van der Waals surface area (Å²) in [5, 5.41) is 15.3. The van der Waals surface area contributed by atoms with Crippen molar-refractivity contribution in [3.63, 3.8) is 0 Å². The van der Waals surface area contributed by atoms with Crippen molar-refractivity contribution in [3.8, 4) is 0 Å². The molecular weight excluding hydrogens is 354 g/mol. The Balaban J connectivity index is 0.0000000732. The molecule has 0 aromatic rings. The molecule has 0 radical (unpaired) electrons. The van der Waals surface area contributed by atoms with Gasteiger partial charge in [-0.05, 0) is 26.1 Å². The molecule has 0 atom stereocenters. The van der Waals surface area contributed by atoms with Gasteiger partial charge in [0.25, 0.3) is 0 Å². The summed E-state index contributed by atoms with van der Waals surface area (Å²) >= 11 is 0. The number of hydrogen-bond donors (Lipinski definition) is 0. The zero-order valence-corrected chi connectivity index (χ0v) is 14.7. The molecule has 11 aliphatic heterocycles. The Morgan fingerprint density at radius 2 is 1.21 bits per heavy atom. The van der Waals surface area contributed by atoms with Crippen molar-refractivity contribution in [1.29, 1.82) is 0 Å². The van der Waals surface area contributed by atoms with Gasteiger partial charge in [0.05, 0.1) is 5.11 Å². The van der Waals surface area contributed by atoms with Crippen LogP contribution in [-0.2, 0) is 6.51 Å². The Kier molecular flexibility index (Phi) is 0.571. The van der Waals surface area contributed by atoms with Crippen LogP contribution in [0.5, 0.6) is 0 Å². The molecular formula is C15H19FeN5O3. The zero-order valence-electron chi connectivity index (χ0n) is 13.6. The third kappa shape index (κ3) is 0.182. The third-order valence-electron chi connectivity index (χ3n) is 15.1. The first kappa shape index (κ1) is 11.4. The van der Waals surface area contributed by atoms with Gasteiger partial charge in [0.1, 0.15) is 0 Å². The van der Waals surface area contributed by atoms with Crippen LogP contribution >= 0.6 is 0 Å². The molecule has 10 saturated heterocycles. The van der Waals surface area contributed by atoms with E-state index in [9.17, 15) is 14.9 Å². The van der Waals surface area contributed by atoms with Gasteiger partial charge in [-0.3, -0.25) is 0 Å². The summed E-state index contributed by atoms with van der Waals surface area (Å²) in [7, 11) is 6.00. The summed E-state index contributed by atoms with van der Waals surface area (Å²) in [6.07, 6.45) is 0. The molecule has 2 amide bonds. The SMILES string of the molecule is CN(C)C.O=C1N=NC([N+](=O)[O-])=N1.[CH]12[CH]3[CH]4[CH]5[CH]1[Fe]23451678[CH]2[CH]1[CH]6[CH]7[CH]28. The van der Waals surface area contributed by atoms with E-state index in [-0.39, 0.29) is 0 Å². The standard InChI is InChI=1S/2C5H5.C3H9N.C2N4O3.Fe/c2*1-2-4-5-3-1;1-4(2)3;7-2-3-1(4-5-2)6(8)9;/h2*1-5H;1-3H3;;. The van der Waals surface area contributed by atoms with Crippen molar-refractivity contribution in [1.82, 2.24) is 4.90 Å². The van der Waals surface area contributed by atoms with E-state index in [1.807, 2.05) is 26.0 Å². The summed E-state index contributed by atoms with van der Waals surface area (Å²) < 4.78 is 0. The molecule has 130 valence electrons. The molecule has 0 aromatic heterocycles. The van der Waals surface area contributed by atoms with Gasteiger partial charge in [-0.1, -0.05) is 0 Å². The number of amides is 2. The fourth-order valence-corrected chi connectivity index (χ4v) is 88.3. The number of carbonyl (C=O) groups excluding carboxylic acids is 1. The zero-order chi connectivity index (χ0) is 16.5. The van der Waals surface area contributed by atoms with E-state index in [1.165, 1.54) is 0 Å². The Hall–Kier alpha value is -1.18. The molecule has 0 bridgehead atoms. The molecule has 0 aromatic carbocycles. The summed E-state index contributed by atoms with van der Waals surface area (Å²) in [4.78, 5) is 39.6. The number of nitro groups is 1. The predicted octanol–water partition coefficient (Wildman–Crippen LogP) is 3.76. The Bertz CT molecular complexity index is 1020. The Labute approximate surface area is 128 Å². The molecule has 0 N–H and O–H groups in total. The topological polar surface area (TPSA) is 101 Å². The first-order chi connectivity index (χ1) is 11.1. The van der Waals surface area contributed by atoms with Crippen LogP contribution in [0.2, 0.25) is 48.2 Å². The number of guanidine groups is 1. The normalized spacial score (nSPS) is 85.8. The monoisotopic (exact) mass is 373 g/mol. The van der Waals surface area contributed by atoms with Crippen LogP contribution < -0.4 is 0 Å². The molecule has 11 heterocycles. The van der Waals surface area contributed by atoms with Crippen LogP contribution in [0, 0.1) is 10.1 Å². The van der Waals surface area contributed by atoms with Crippen LogP contribution in [0.15, 0.2) is 15.2 Å². The van der Waals surface area contributed by atoms with Crippen molar-refractivity contribution >= 4 is 12.0 Å². The van der Waals surface area contributed by atoms with Crippen molar-refractivity contribution in [2.24, 2.45) is 15.2 Å². The van der Waals surface area contributed by atoms with Gasteiger partial charge in [-0.15, -0.1) is 0 Å². The van der Waals surface area contributed by atoms with E-state index < -0.39 is 23.4 Å². The van der Waals surface area contributed by atoms with E-state index in [0.29, 0.717) is 0 Å². The van der Waals surface area contributed by atoms with E-state index in [4.69, 9.17) is 0 Å². The minimum atomic E-state index is -2.28. The van der Waals surface area contributed by atoms with E-state index >= 15 is 0 Å². The van der Waals surface area contributed by atoms with Crippen LogP contribution in [0.3, 0.4) is 0 Å². The van der Waals surface area contributed by atoms with Crippen LogP contribution in [0.25, 0.3) is 0 Å². The number of urea groups is 1. The second-order valence-corrected chi connectivity index (χ2v) is 36.0. The fourth-order valence-electron chi connectivity index (χ4n) is 16.1. The Morgan fingerprint density at radius 1 is 0.875 bits per heavy atom. The first-order valence-electron chi connectivity index (χ1n) is 8.60. The number of rotatable bonds is 0. The first-order valence-corrected chi connectivity index (χ1v) is 15.0. The second kappa shape index (κ2) is 1.20. The maximum absolute atomic E-state index is 10.0. The summed E-state index contributed by atoms with van der Waals surface area (Å²) in [5.74, 6) is -0.750. The summed E-state index contributed by atoms with van der Waals surface area (Å²) in [5.41, 5.74) is 0. The number of nitrogens with zero attached hydrogens (tertiary/aromatic N) is 5. The van der Waals surface area contributed by atoms with Crippen molar-refractivity contribution in [2.75, 3.05) is 21.1 Å². The van der Waals surface area contributed by atoms with Crippen LogP contribution in [-0.4, -0.2) is 43.0 Å². The van der Waals surface area contributed by atoms with Crippen molar-refractivity contribution in [2.45, 2.75) is 48.2 Å². The molecule has 0 saturated carbocycles. The molecule has 0 aliphatic carbocycles. The number of fused-ring (bicyclic) bond motifs is 10. The molecule has 24 heavy (non-hydrogen) atoms. The molecule has 8 nitrogen and oxygen atoms in total. The van der Waals surface area contributed by atoms with E-state index in [1.54, 1.807) is 48.2 Å². The molecule has 0 unspecified atom stereocenters. The van der Waals surface area contributed by atoms with Crippen LogP contribution in [0.4, 0.5) is 4.79 Å². The molecule has 10 fully saturated rings. The predicted molar refractivity (Wildman–Crippen MR) is 81.8 cm³/mol. The molecule has 11 aliphatic rings. The number of hydrogen-bond acceptors (Lipinski definition) is 5. The van der Waals surface area contributed by atoms with Gasteiger partial charge in [0, 0.05) is 10.1 Å². The van der Waals surface area contributed by atoms with Gasteiger partial charge in [-0.25, -0.2) is 4.79 Å². The Morgan fingerprint density at radius 3 is 1.29 bits per heavy atom. The van der Waals surface area contributed by atoms with Gasteiger partial charge < -0.3 is 15.0 Å². The number of carbonyl (C=O) groups is 1. The molecule has 9 heteroatoms. The second-order valence-electron chi connectivity index (χ2n) is 12.1. The van der Waals surface area contributed by atoms with Crippen molar-refractivity contribution < 1.29 is 16.2 Å². The maximum atomic E-state index is 10.0. The summed E-state index contributed by atoms with van der Waals surface area (Å²) in [6.45, 7) is -2.28. The quantitative estimate of drug-likeness (QED) is 0.367. The fraction of sp³-hybridized carbons (Fsp3) is 0.867. The number of aliphatic imine (C=N–C) groups is 1. The molecule has 11 rings (SSSR count). The third-order valence-corrected chi connectivity index (χ3v) is 57.1.